The zero-order chi connectivity index (χ0) is 29.9. The second-order valence-electron chi connectivity index (χ2n) is 10.4. The van der Waals surface area contributed by atoms with Crippen LogP contribution >= 0.6 is 0 Å². The van der Waals surface area contributed by atoms with Crippen LogP contribution in [0.5, 0.6) is 6.01 Å². The van der Waals surface area contributed by atoms with Gasteiger partial charge in [0.25, 0.3) is 0 Å². The topological polar surface area (TPSA) is 137 Å². The summed E-state index contributed by atoms with van der Waals surface area (Å²) in [6.45, 7) is 7.67. The maximum atomic E-state index is 12.8. The summed E-state index contributed by atoms with van der Waals surface area (Å²) in [6, 6.07) is 16.4. The van der Waals surface area contributed by atoms with Crippen LogP contribution < -0.4 is 15.4 Å². The summed E-state index contributed by atoms with van der Waals surface area (Å²) in [4.78, 5) is 36.5. The first-order chi connectivity index (χ1) is 20.4. The van der Waals surface area contributed by atoms with Gasteiger partial charge in [-0.15, -0.1) is 0 Å². The Morgan fingerprint density at radius 2 is 1.83 bits per heavy atom. The van der Waals surface area contributed by atoms with Gasteiger partial charge in [-0.2, -0.15) is 9.97 Å². The maximum absolute atomic E-state index is 12.8. The van der Waals surface area contributed by atoms with Crippen LogP contribution in [-0.4, -0.2) is 65.0 Å². The number of ether oxygens (including phenoxy) is 2. The smallest absolute Gasteiger partial charge is 0.353 e. The predicted octanol–water partition coefficient (Wildman–Crippen LogP) is 5.02. The Labute approximate surface area is 246 Å². The van der Waals surface area contributed by atoms with Gasteiger partial charge in [-0.05, 0) is 67.6 Å². The highest BCUT2D eigenvalue weighted by molar-refractivity contribution is 5.85. The summed E-state index contributed by atoms with van der Waals surface area (Å²) in [5, 5.41) is 12.0. The van der Waals surface area contributed by atoms with Crippen molar-refractivity contribution < 1.29 is 19.2 Å². The third-order valence-corrected chi connectivity index (χ3v) is 7.11. The summed E-state index contributed by atoms with van der Waals surface area (Å²) in [5.74, 6) is -0.631. The number of nitrogen functional groups attached to an aromatic ring is 1. The zero-order valence-electron chi connectivity index (χ0n) is 24.5. The molecular weight excluding hydrogens is 536 g/mol. The largest absolute Gasteiger partial charge is 0.463 e. The molecule has 224 valence electrons. The molecule has 1 aliphatic rings. The number of carbonyl (C=O) groups is 1. The van der Waals surface area contributed by atoms with Crippen molar-refractivity contribution >= 4 is 23.1 Å². The molecule has 2 N–H and O–H groups in total. The molecule has 4 rings (SSSR count). The maximum Gasteiger partial charge on any atom is 0.353 e. The van der Waals surface area contributed by atoms with E-state index < -0.39 is 10.6 Å². The fourth-order valence-corrected chi connectivity index (χ4v) is 4.96. The molecule has 0 atom stereocenters. The summed E-state index contributed by atoms with van der Waals surface area (Å²) >= 11 is 0. The van der Waals surface area contributed by atoms with E-state index in [4.69, 9.17) is 15.2 Å². The first kappa shape index (κ1) is 30.9. The van der Waals surface area contributed by atoms with Crippen LogP contribution in [0.3, 0.4) is 0 Å². The van der Waals surface area contributed by atoms with Crippen LogP contribution in [0.2, 0.25) is 0 Å². The third kappa shape index (κ3) is 8.46. The summed E-state index contributed by atoms with van der Waals surface area (Å²) in [5.41, 5.74) is 9.85. The van der Waals surface area contributed by atoms with E-state index in [1.54, 1.807) is 6.92 Å². The van der Waals surface area contributed by atoms with Gasteiger partial charge in [-0.3, -0.25) is 19.8 Å². The standard InChI is InChI=1S/C31H40N6O5/c1-3-5-17-42-31-33-29(32)28(37(39)40)30(34-31)36(21-27(38)22-41-4-2)20-23-11-13-25(14-12-23)26-10-8-9-24(18-26)19-35-15-6-7-16-35/h8-14,18H,3-7,15-17,19-22H2,1-2H3,(H2,32,33,34). The number of unbranched alkanes of at least 4 members (excludes halogenated alkanes) is 1. The average Bonchev–Trinajstić information content (AvgIpc) is 3.49. The van der Waals surface area contributed by atoms with Crippen LogP contribution in [0.4, 0.5) is 17.3 Å². The molecule has 0 radical (unpaired) electrons. The van der Waals surface area contributed by atoms with E-state index in [1.807, 2.05) is 31.2 Å². The van der Waals surface area contributed by atoms with Crippen molar-refractivity contribution in [1.82, 2.24) is 14.9 Å². The lowest BCUT2D eigenvalue weighted by atomic mass is 10.0. The quantitative estimate of drug-likeness (QED) is 0.141. The highest BCUT2D eigenvalue weighted by Crippen LogP contribution is 2.34. The third-order valence-electron chi connectivity index (χ3n) is 7.11. The van der Waals surface area contributed by atoms with Crippen molar-refractivity contribution in [3.8, 4) is 17.1 Å². The molecule has 0 amide bonds. The fraction of sp³-hybridized carbons (Fsp3) is 0.452. The molecule has 0 saturated carbocycles. The van der Waals surface area contributed by atoms with Gasteiger partial charge in [0.15, 0.2) is 5.78 Å². The first-order valence-electron chi connectivity index (χ1n) is 14.6. The van der Waals surface area contributed by atoms with Crippen molar-refractivity contribution in [3.05, 3.63) is 69.8 Å². The second-order valence-corrected chi connectivity index (χ2v) is 10.4. The van der Waals surface area contributed by atoms with E-state index in [9.17, 15) is 14.9 Å². The van der Waals surface area contributed by atoms with Gasteiger partial charge < -0.3 is 20.1 Å². The SMILES string of the molecule is CCCCOc1nc(N)c([N+](=O)[O-])c(N(CC(=O)COCC)Cc2ccc(-c3cccc(CN4CCCC4)c3)cc2)n1. The van der Waals surface area contributed by atoms with Crippen LogP contribution in [0.1, 0.15) is 50.7 Å². The van der Waals surface area contributed by atoms with E-state index in [0.29, 0.717) is 13.2 Å². The lowest BCUT2D eigenvalue weighted by molar-refractivity contribution is -0.383. The molecule has 3 aromatic rings. The number of anilines is 2. The molecule has 0 bridgehead atoms. The van der Waals surface area contributed by atoms with E-state index in [-0.39, 0.29) is 43.1 Å². The van der Waals surface area contributed by atoms with Gasteiger partial charge in [0.1, 0.15) is 6.61 Å². The Hall–Kier alpha value is -4.09. The van der Waals surface area contributed by atoms with Crippen LogP contribution in [0, 0.1) is 10.1 Å². The molecular formula is C31H40N6O5. The molecule has 0 aliphatic carbocycles. The van der Waals surface area contributed by atoms with Crippen molar-refractivity contribution in [1.29, 1.82) is 0 Å². The van der Waals surface area contributed by atoms with Crippen molar-refractivity contribution in [2.24, 2.45) is 0 Å². The Kier molecular flexibility index (Phi) is 11.2. The molecule has 0 unspecified atom stereocenters. The Balaban J connectivity index is 1.60. The molecule has 1 fully saturated rings. The molecule has 2 aromatic carbocycles. The Morgan fingerprint density at radius 3 is 2.52 bits per heavy atom. The molecule has 1 aliphatic heterocycles. The molecule has 2 heterocycles. The highest BCUT2D eigenvalue weighted by atomic mass is 16.6. The number of hydrogen-bond acceptors (Lipinski definition) is 10. The van der Waals surface area contributed by atoms with E-state index in [1.165, 1.54) is 23.3 Å². The van der Waals surface area contributed by atoms with Gasteiger partial charge >= 0.3 is 11.7 Å². The van der Waals surface area contributed by atoms with Crippen LogP contribution in [-0.2, 0) is 22.6 Å². The molecule has 0 spiro atoms. The van der Waals surface area contributed by atoms with Crippen molar-refractivity contribution in [3.63, 3.8) is 0 Å². The molecule has 1 saturated heterocycles. The Bertz CT molecular complexity index is 1340. The lowest BCUT2D eigenvalue weighted by Crippen LogP contribution is -2.33. The summed E-state index contributed by atoms with van der Waals surface area (Å²) in [7, 11) is 0. The molecule has 11 nitrogen and oxygen atoms in total. The zero-order valence-corrected chi connectivity index (χ0v) is 24.5. The van der Waals surface area contributed by atoms with Crippen molar-refractivity contribution in [2.45, 2.75) is 52.6 Å². The number of hydrogen-bond donors (Lipinski definition) is 1. The Morgan fingerprint density at radius 1 is 1.07 bits per heavy atom. The minimum absolute atomic E-state index is 0.0621. The number of carbonyl (C=O) groups excluding carboxylic acids is 1. The first-order valence-corrected chi connectivity index (χ1v) is 14.6. The van der Waals surface area contributed by atoms with Crippen molar-refractivity contribution in [2.75, 3.05) is 50.1 Å². The van der Waals surface area contributed by atoms with E-state index in [2.05, 4.69) is 39.1 Å². The fourth-order valence-electron chi connectivity index (χ4n) is 4.96. The number of nitrogens with two attached hydrogens (primary N) is 1. The molecule has 11 heteroatoms. The second kappa shape index (κ2) is 15.2. The van der Waals surface area contributed by atoms with Gasteiger partial charge in [0.05, 0.1) is 18.1 Å². The number of Topliss-reactive ketones (excluding diaryl/α,β-unsaturated/α-hetero) is 1. The van der Waals surface area contributed by atoms with Gasteiger partial charge in [0.2, 0.25) is 11.6 Å². The number of nitrogens with zero attached hydrogens (tertiary/aromatic N) is 5. The monoisotopic (exact) mass is 576 g/mol. The number of likely N-dealkylation sites (tertiary alicyclic amines) is 1. The minimum Gasteiger partial charge on any atom is -0.463 e. The van der Waals surface area contributed by atoms with Crippen LogP contribution in [0.15, 0.2) is 48.5 Å². The highest BCUT2D eigenvalue weighted by Gasteiger charge is 2.29. The number of rotatable bonds is 16. The van der Waals surface area contributed by atoms with Gasteiger partial charge in [-0.25, -0.2) is 0 Å². The molecule has 42 heavy (non-hydrogen) atoms. The number of ketones is 1. The summed E-state index contributed by atoms with van der Waals surface area (Å²) < 4.78 is 10.9. The normalized spacial score (nSPS) is 13.3. The number of benzene rings is 2. The minimum atomic E-state index is -0.626. The van der Waals surface area contributed by atoms with Crippen LogP contribution in [0.25, 0.3) is 11.1 Å². The van der Waals surface area contributed by atoms with Gasteiger partial charge in [-0.1, -0.05) is 55.8 Å². The number of nitro groups is 1. The number of aromatic nitrogens is 2. The van der Waals surface area contributed by atoms with Gasteiger partial charge in [0, 0.05) is 19.7 Å². The van der Waals surface area contributed by atoms with E-state index >= 15 is 0 Å². The lowest BCUT2D eigenvalue weighted by Gasteiger charge is -2.23. The van der Waals surface area contributed by atoms with E-state index in [0.717, 1.165) is 49.2 Å². The predicted molar refractivity (Wildman–Crippen MR) is 162 cm³/mol. The average molecular weight is 577 g/mol. The molecule has 1 aromatic heterocycles. The summed E-state index contributed by atoms with van der Waals surface area (Å²) in [6.07, 6.45) is 4.17.